The average molecular weight is 2090 g/mol. The minimum atomic E-state index is -2.99. The summed E-state index contributed by atoms with van der Waals surface area (Å²) in [5, 5.41) is 12.8. The molecule has 0 bridgehead atoms. The van der Waals surface area contributed by atoms with E-state index in [2.05, 4.69) is 69.9 Å². The minimum absolute atomic E-state index is 0. The first kappa shape index (κ1) is 113. The van der Waals surface area contributed by atoms with Crippen LogP contribution in [-0.2, 0) is 31.4 Å². The number of hydrogen-bond acceptors (Lipinski definition) is 28. The number of carbonyl (C=O) groups excluding carboxylic acids is 5. The summed E-state index contributed by atoms with van der Waals surface area (Å²) in [7, 11) is -1.00. The molecule has 7 heterocycles. The third kappa shape index (κ3) is 34.5. The molecule has 141 heavy (non-hydrogen) atoms. The van der Waals surface area contributed by atoms with Gasteiger partial charge in [0.2, 0.25) is 29.5 Å². The van der Waals surface area contributed by atoms with Crippen LogP contribution in [0.25, 0.3) is 62.6 Å². The normalized spacial score (nSPS) is 11.7. The van der Waals surface area contributed by atoms with Crippen LogP contribution in [0.5, 0.6) is 63.2 Å². The molecule has 44 heteroatoms. The Labute approximate surface area is 859 Å². The van der Waals surface area contributed by atoms with Gasteiger partial charge in [-0.25, -0.2) is 24.9 Å². The number of hydrogen-bond donors (Lipinski definition) is 2. The molecule has 0 aliphatic carbocycles. The molecule has 2 aliphatic rings. The number of aromatic nitrogens is 5. The van der Waals surface area contributed by atoms with Crippen molar-refractivity contribution >= 4 is 57.7 Å². The van der Waals surface area contributed by atoms with Crippen molar-refractivity contribution in [2.24, 2.45) is 5.73 Å². The molecule has 8 aromatic carbocycles. The van der Waals surface area contributed by atoms with Crippen molar-refractivity contribution in [2.45, 2.75) is 178 Å². The Bertz CT molecular complexity index is 5910. The van der Waals surface area contributed by atoms with Gasteiger partial charge in [0.15, 0.2) is 63.3 Å². The molecule has 5 aromatic heterocycles. The van der Waals surface area contributed by atoms with Crippen LogP contribution in [-0.4, -0.2) is 142 Å². The number of aryl methyl sites for hydroxylation is 1. The predicted octanol–water partition coefficient (Wildman–Crippen LogP) is 20.9. The summed E-state index contributed by atoms with van der Waals surface area (Å²) in [5.74, 6) is 0.926. The predicted molar refractivity (Wildman–Crippen MR) is 492 cm³/mol. The van der Waals surface area contributed by atoms with Gasteiger partial charge in [-0.2, -0.15) is 43.9 Å². The topological polar surface area (TPSA) is 381 Å². The van der Waals surface area contributed by atoms with Crippen molar-refractivity contribution in [3.05, 3.63) is 257 Å². The summed E-state index contributed by atoms with van der Waals surface area (Å²) in [6.07, 6.45) is 6.63. The number of aliphatic hydroxyl groups excluding tert-OH is 1. The molecule has 0 saturated heterocycles. The Hall–Kier alpha value is -12.9. The van der Waals surface area contributed by atoms with Gasteiger partial charge in [-0.1, -0.05) is 64.5 Å². The number of nitrogens with zero attached hydrogens (tertiary/aromatic N) is 7. The van der Waals surface area contributed by atoms with Crippen LogP contribution in [0, 0.1) is 0 Å². The first-order valence-corrected chi connectivity index (χ1v) is 43.3. The molecule has 30 nitrogen and oxygen atoms in total. The third-order valence-electron chi connectivity index (χ3n) is 18.0. The van der Waals surface area contributed by atoms with E-state index in [-0.39, 0.29) is 195 Å². The van der Waals surface area contributed by atoms with Crippen LogP contribution >= 0.6 is 28.3 Å². The molecule has 0 spiro atoms. The second-order valence-electron chi connectivity index (χ2n) is 30.1. The first-order valence-electron chi connectivity index (χ1n) is 42.9. The SMILES string of the molecule is CC(C)Oc1cc(-c2nc(CBr)co2)ccc1OC(F)F.CC(C)Oc1cc(-c2nc(CN)co2)ccc1OC(F)F.CC(C)Oc1cc(-c2nc(CN3C(=O)c4ccccc4C3=O)co2)ccc1OC(F)F.CC(C)Oc1cc(-c2nc(CO)co2)ccc1OC(F)F.CCOc1ccccc1C(=O)CCc1coc(-c2ccc(OC(F)F)c(OC(C)C)c2)n1.Cl.O=C1[N-]C(=O)c2ccccc21.[2H]CF.[K+]. The number of aliphatic hydroxyl groups is 1. The number of fused-ring (bicyclic) bond motifs is 2. The number of rotatable bonds is 36. The molecule has 2 aliphatic heterocycles. The number of ether oxygens (including phenoxy) is 11. The number of carbonyl (C=O) groups is 5. The standard InChI is InChI=1S/C24H25F2NO5.C22H18F2N2O5.C14H14BrF2NO3.C14H16F2N2O3.C14H15F2NO4.C8H5NO2.CH3F.ClH.K/c1-4-29-20-8-6-5-7-18(20)19(28)11-10-17-14-30-23(27-17)16-9-12-21(32-24(25)26)22(13-16)31-15(2)3;1-12(2)30-18-9-13(7-8-17(18)31-22(23)24)19-25-14(11-29-19)10-26-20(27)15-5-3-4-6-16(15)21(26)28;1-8(2)20-12-5-9(3-4-11(12)21-14(16)17)13-18-10(6-15)7-19-13;1-8(2)20-12-5-9(3-4-11(12)21-14(15)16)13-18-10(6-17)7-19-13;1-8(2)20-12-5-9(3-4-11(12)21-14(15)16)13-17-10(6-18)7-19-13;10-7-5-3-1-2-4-6(5)8(11)9-7;1-2;;/h5-9,12-15,24H,4,10-11H2,1-3H3;3-9,11-12,22H,10H2,1-2H3;3-5,7-8,14H,6H2,1-2H3;3-5,7-8,14H,6,17H2,1-2H3;3-5,7-8,14,18H,6H2,1-2H3;1-4H,(H,9,10,11);1H3;1H;/q;;;;;;;;+1/p-1/i;;;;;;1D;;. The summed E-state index contributed by atoms with van der Waals surface area (Å²) in [6.45, 7) is 5.35. The second-order valence-corrected chi connectivity index (χ2v) is 30.7. The Morgan fingerprint density at radius 1 is 0.411 bits per heavy atom. The monoisotopic (exact) mass is 2090 g/mol. The van der Waals surface area contributed by atoms with E-state index in [0.29, 0.717) is 120 Å². The van der Waals surface area contributed by atoms with E-state index < -0.39 is 63.8 Å². The minimum Gasteiger partial charge on any atom is -0.587 e. The molecule has 0 saturated carbocycles. The van der Waals surface area contributed by atoms with Crippen LogP contribution in [0.1, 0.15) is 164 Å². The second kappa shape index (κ2) is 56.5. The van der Waals surface area contributed by atoms with Crippen LogP contribution in [0.4, 0.5) is 48.3 Å². The van der Waals surface area contributed by atoms with Gasteiger partial charge in [-0.15, -0.1) is 12.4 Å². The number of amides is 4. The van der Waals surface area contributed by atoms with E-state index in [4.69, 9.17) is 62.7 Å². The zero-order valence-corrected chi connectivity index (χ0v) is 83.1. The quantitative estimate of drug-likeness (QED) is 0.0121. The maximum atomic E-state index is 12.7. The van der Waals surface area contributed by atoms with Crippen LogP contribution in [0.3, 0.4) is 0 Å². The summed E-state index contributed by atoms with van der Waals surface area (Å²) in [4.78, 5) is 81.8. The van der Waals surface area contributed by atoms with E-state index in [1.165, 1.54) is 92.0 Å². The molecule has 4 amide bonds. The maximum absolute atomic E-state index is 12.7. The summed E-state index contributed by atoms with van der Waals surface area (Å²) in [5.41, 5.74) is 13.0. The number of alkyl halides is 12. The number of benzene rings is 8. The van der Waals surface area contributed by atoms with E-state index in [1.807, 2.05) is 13.0 Å². The number of ketones is 1. The van der Waals surface area contributed by atoms with Gasteiger partial charge >= 0.3 is 84.4 Å². The number of oxazole rings is 5. The van der Waals surface area contributed by atoms with E-state index in [0.717, 1.165) is 10.6 Å². The van der Waals surface area contributed by atoms with Crippen LogP contribution in [0.2, 0.25) is 0 Å². The van der Waals surface area contributed by atoms with Crippen molar-refractivity contribution in [3.8, 4) is 121 Å². The Kier molecular flexibility index (Phi) is 45.5. The van der Waals surface area contributed by atoms with Crippen LogP contribution < -0.4 is 109 Å². The molecule has 0 atom stereocenters. The largest absolute Gasteiger partial charge is 1.00 e. The molecule has 0 unspecified atom stereocenters. The van der Waals surface area contributed by atoms with Crippen LogP contribution in [0.15, 0.2) is 217 Å². The Morgan fingerprint density at radius 3 is 0.993 bits per heavy atom. The summed E-state index contributed by atoms with van der Waals surface area (Å²) in [6, 6.07) is 42.6. The number of Topliss-reactive ketones (excluding diaryl/α,β-unsaturated/α-hetero) is 1. The van der Waals surface area contributed by atoms with Gasteiger partial charge in [0, 0.05) is 63.7 Å². The fourth-order valence-electron chi connectivity index (χ4n) is 12.5. The third-order valence-corrected chi connectivity index (χ3v) is 18.6. The van der Waals surface area contributed by atoms with Crippen molar-refractivity contribution in [1.82, 2.24) is 29.8 Å². The summed E-state index contributed by atoms with van der Waals surface area (Å²) < 4.78 is 223. The van der Waals surface area contributed by atoms with Gasteiger partial charge in [-0.05, 0) is 191 Å². The Morgan fingerprint density at radius 2 is 0.695 bits per heavy atom. The number of imide groups is 2. The molecule has 0 radical (unpaired) electrons. The Balaban J connectivity index is 0.000000234. The van der Waals surface area contributed by atoms with Gasteiger partial charge in [0.05, 0.1) is 110 Å². The van der Waals surface area contributed by atoms with E-state index in [9.17, 15) is 72.3 Å². The molecule has 0 fully saturated rings. The van der Waals surface area contributed by atoms with Crippen molar-refractivity contribution in [2.75, 3.05) is 13.8 Å². The van der Waals surface area contributed by atoms with Gasteiger partial charge < -0.3 is 99.9 Å². The molecule has 748 valence electrons. The van der Waals surface area contributed by atoms with Crippen molar-refractivity contribution in [3.63, 3.8) is 0 Å². The molecule has 15 rings (SSSR count). The smallest absolute Gasteiger partial charge is 0.587 e. The fourth-order valence-corrected chi connectivity index (χ4v) is 12.7. The summed E-state index contributed by atoms with van der Waals surface area (Å²) >= 11 is 3.28. The number of nitrogens with two attached hydrogens (primary N) is 1. The van der Waals surface area contributed by atoms with Gasteiger partial charge in [-0.3, -0.25) is 23.7 Å². The molecule has 13 aromatic rings. The number of para-hydroxylation sites is 1. The first-order chi connectivity index (χ1) is 66.9. The molecular weight excluding hydrogens is 1990 g/mol. The fraction of sp³-hybridized carbons (Fsp3) is 0.299. The van der Waals surface area contributed by atoms with E-state index >= 15 is 0 Å². The zero-order chi connectivity index (χ0) is 102. The average Bonchev–Trinajstić information content (AvgIpc) is 1.67. The zero-order valence-electron chi connectivity index (χ0n) is 78.6. The maximum Gasteiger partial charge on any atom is 1.00 e. The van der Waals surface area contributed by atoms with E-state index in [1.54, 1.807) is 166 Å². The van der Waals surface area contributed by atoms with Crippen molar-refractivity contribution in [1.29, 1.82) is 0 Å². The van der Waals surface area contributed by atoms with Gasteiger partial charge in [0.1, 0.15) is 42.8 Å². The molecule has 3 N–H and O–H groups in total. The molecular formula is C97H96BrClF11KN8O22. The van der Waals surface area contributed by atoms with Crippen molar-refractivity contribution < 1.29 is 204 Å². The van der Waals surface area contributed by atoms with Gasteiger partial charge in [0.25, 0.3) is 11.8 Å². The number of halogens is 13.